The maximum Gasteiger partial charge on any atom is 0.255 e. The molecule has 42 valence electrons. The molecule has 1 rings (SSSR count). The van der Waals surface area contributed by atoms with Crippen LogP contribution in [0.5, 0.6) is 5.88 Å². The van der Waals surface area contributed by atoms with E-state index < -0.39 is 0 Å². The fourth-order valence-corrected chi connectivity index (χ4v) is 0.346. The molecule has 0 amide bonds. The highest BCUT2D eigenvalue weighted by Crippen LogP contribution is 1.95. The third-order valence-electron chi connectivity index (χ3n) is 0.660. The average molecular weight is 111 g/mol. The molecule has 1 aromatic heterocycles. The molecule has 0 unspecified atom stereocenters. The Kier molecular flexibility index (Phi) is 1.39. The van der Waals surface area contributed by atoms with E-state index in [-0.39, 0.29) is 0 Å². The van der Waals surface area contributed by atoms with Crippen LogP contribution in [-0.2, 0) is 0 Å². The number of hydrogen-bond donors (Lipinski definition) is 1. The Labute approximate surface area is 46.3 Å². The van der Waals surface area contributed by atoms with E-state index in [1.165, 1.54) is 12.4 Å². The second-order valence-electron chi connectivity index (χ2n) is 1.16. The van der Waals surface area contributed by atoms with Gasteiger partial charge in [0.2, 0.25) is 0 Å². The van der Waals surface area contributed by atoms with E-state index in [1.54, 1.807) is 6.20 Å². The van der Waals surface area contributed by atoms with Crippen molar-refractivity contribution >= 4 is 0 Å². The molecule has 0 saturated heterocycles. The monoisotopic (exact) mass is 111 g/mol. The van der Waals surface area contributed by atoms with E-state index in [0.717, 1.165) is 0 Å². The third kappa shape index (κ3) is 0.913. The Balaban J connectivity index is 2.83. The lowest BCUT2D eigenvalue weighted by Gasteiger charge is -1.90. The van der Waals surface area contributed by atoms with Crippen LogP contribution in [0.1, 0.15) is 0 Å². The summed E-state index contributed by atoms with van der Waals surface area (Å²) in [5.41, 5.74) is 0. The van der Waals surface area contributed by atoms with Gasteiger partial charge in [-0.1, -0.05) is 0 Å². The van der Waals surface area contributed by atoms with Gasteiger partial charge in [0.1, 0.15) is 0 Å². The van der Waals surface area contributed by atoms with Crippen LogP contribution in [0.25, 0.3) is 0 Å². The molecule has 1 heterocycles. The summed E-state index contributed by atoms with van der Waals surface area (Å²) in [5, 5.41) is 0. The van der Waals surface area contributed by atoms with Gasteiger partial charge in [0.25, 0.3) is 5.88 Å². The van der Waals surface area contributed by atoms with Crippen molar-refractivity contribution in [1.82, 2.24) is 9.97 Å². The lowest BCUT2D eigenvalue weighted by molar-refractivity contribution is 0.319. The summed E-state index contributed by atoms with van der Waals surface area (Å²) in [4.78, 5) is 11.6. The first-order valence-electron chi connectivity index (χ1n) is 2.06. The van der Waals surface area contributed by atoms with Crippen molar-refractivity contribution in [2.24, 2.45) is 5.90 Å². The molecule has 0 radical (unpaired) electrons. The summed E-state index contributed by atoms with van der Waals surface area (Å²) in [5.74, 6) is 5.07. The maximum absolute atomic E-state index is 4.75. The molecular weight excluding hydrogens is 106 g/mol. The van der Waals surface area contributed by atoms with Gasteiger partial charge in [0, 0.05) is 12.4 Å². The van der Waals surface area contributed by atoms with Gasteiger partial charge in [-0.3, -0.25) is 4.98 Å². The minimum atomic E-state index is 0.326. The normalized spacial score (nSPS) is 8.62. The van der Waals surface area contributed by atoms with Gasteiger partial charge < -0.3 is 4.84 Å². The van der Waals surface area contributed by atoms with E-state index in [4.69, 9.17) is 5.90 Å². The predicted molar refractivity (Wildman–Crippen MR) is 26.8 cm³/mol. The van der Waals surface area contributed by atoms with Crippen LogP contribution in [0.4, 0.5) is 0 Å². The van der Waals surface area contributed by atoms with Crippen LogP contribution in [0.3, 0.4) is 0 Å². The summed E-state index contributed by atoms with van der Waals surface area (Å²) in [6.45, 7) is 0. The Bertz CT molecular complexity index is 153. The van der Waals surface area contributed by atoms with E-state index in [2.05, 4.69) is 14.8 Å². The minimum absolute atomic E-state index is 0.326. The zero-order valence-corrected chi connectivity index (χ0v) is 4.11. The van der Waals surface area contributed by atoms with Crippen LogP contribution in [-0.4, -0.2) is 9.97 Å². The quantitative estimate of drug-likeness (QED) is 0.507. The van der Waals surface area contributed by atoms with Gasteiger partial charge in [-0.15, -0.1) is 0 Å². The van der Waals surface area contributed by atoms with Gasteiger partial charge in [0.15, 0.2) is 0 Å². The van der Waals surface area contributed by atoms with E-state index >= 15 is 0 Å². The first kappa shape index (κ1) is 4.99. The van der Waals surface area contributed by atoms with Crippen LogP contribution in [0, 0.1) is 0 Å². The number of aromatic nitrogens is 2. The summed E-state index contributed by atoms with van der Waals surface area (Å²) in [6.07, 6.45) is 4.48. The molecule has 4 nitrogen and oxygen atoms in total. The lowest BCUT2D eigenvalue weighted by Crippen LogP contribution is -2.03. The number of nitrogens with zero attached hydrogens (tertiary/aromatic N) is 2. The van der Waals surface area contributed by atoms with Crippen molar-refractivity contribution in [3.05, 3.63) is 18.6 Å². The van der Waals surface area contributed by atoms with Crippen LogP contribution >= 0.6 is 0 Å². The lowest BCUT2D eigenvalue weighted by atomic mass is 10.7. The molecular formula is C4H5N3O. The Morgan fingerprint density at radius 1 is 1.50 bits per heavy atom. The van der Waals surface area contributed by atoms with Crippen molar-refractivity contribution < 1.29 is 4.84 Å². The average Bonchev–Trinajstić information content (AvgIpc) is 1.90. The molecule has 0 atom stereocenters. The van der Waals surface area contributed by atoms with Gasteiger partial charge >= 0.3 is 0 Å². The Morgan fingerprint density at radius 2 is 2.38 bits per heavy atom. The highest BCUT2D eigenvalue weighted by atomic mass is 16.6. The standard InChI is InChI=1S/C4H5N3O/c5-8-4-3-6-1-2-7-4/h1-3H,5H2. The second-order valence-corrected chi connectivity index (χ2v) is 1.16. The molecule has 0 aliphatic rings. The molecule has 4 heteroatoms. The zero-order valence-electron chi connectivity index (χ0n) is 4.11. The van der Waals surface area contributed by atoms with Crippen molar-refractivity contribution in [2.45, 2.75) is 0 Å². The molecule has 2 N–H and O–H groups in total. The summed E-state index contributed by atoms with van der Waals surface area (Å²) >= 11 is 0. The molecule has 0 bridgehead atoms. The first-order chi connectivity index (χ1) is 3.93. The highest BCUT2D eigenvalue weighted by Gasteiger charge is 1.84. The maximum atomic E-state index is 4.75. The minimum Gasteiger partial charge on any atom is -0.389 e. The van der Waals surface area contributed by atoms with Crippen molar-refractivity contribution in [3.63, 3.8) is 0 Å². The summed E-state index contributed by atoms with van der Waals surface area (Å²) in [7, 11) is 0. The fourth-order valence-electron chi connectivity index (χ4n) is 0.346. The molecule has 0 aromatic carbocycles. The van der Waals surface area contributed by atoms with Crippen molar-refractivity contribution in [2.75, 3.05) is 0 Å². The van der Waals surface area contributed by atoms with Crippen LogP contribution in [0.15, 0.2) is 18.6 Å². The highest BCUT2D eigenvalue weighted by molar-refractivity contribution is 4.99. The van der Waals surface area contributed by atoms with Gasteiger partial charge in [-0.2, -0.15) is 5.90 Å². The number of nitrogens with two attached hydrogens (primary N) is 1. The largest absolute Gasteiger partial charge is 0.389 e. The number of hydrogen-bond acceptors (Lipinski definition) is 4. The topological polar surface area (TPSA) is 61.0 Å². The van der Waals surface area contributed by atoms with E-state index in [0.29, 0.717) is 5.88 Å². The van der Waals surface area contributed by atoms with E-state index in [9.17, 15) is 0 Å². The van der Waals surface area contributed by atoms with Gasteiger partial charge in [-0.05, 0) is 0 Å². The third-order valence-corrected chi connectivity index (χ3v) is 0.660. The smallest absolute Gasteiger partial charge is 0.255 e. The zero-order chi connectivity index (χ0) is 5.82. The number of rotatable bonds is 1. The second kappa shape index (κ2) is 2.23. The molecule has 0 saturated carbocycles. The molecule has 0 spiro atoms. The predicted octanol–water partition coefficient (Wildman–Crippen LogP) is -0.271. The SMILES string of the molecule is NOc1cnccn1. The van der Waals surface area contributed by atoms with Gasteiger partial charge in [-0.25, -0.2) is 4.98 Å². The first-order valence-corrected chi connectivity index (χ1v) is 2.06. The molecule has 1 aromatic rings. The van der Waals surface area contributed by atoms with Crippen molar-refractivity contribution in [1.29, 1.82) is 0 Å². The van der Waals surface area contributed by atoms with Crippen LogP contribution < -0.4 is 10.7 Å². The van der Waals surface area contributed by atoms with E-state index in [1.807, 2.05) is 0 Å². The van der Waals surface area contributed by atoms with Gasteiger partial charge in [0.05, 0.1) is 6.20 Å². The summed E-state index contributed by atoms with van der Waals surface area (Å²) in [6, 6.07) is 0. The molecule has 0 fully saturated rings. The summed E-state index contributed by atoms with van der Waals surface area (Å²) < 4.78 is 0. The Morgan fingerprint density at radius 3 is 2.75 bits per heavy atom. The molecule has 0 aliphatic heterocycles. The van der Waals surface area contributed by atoms with Crippen LogP contribution in [0.2, 0.25) is 0 Å². The molecule has 0 aliphatic carbocycles. The van der Waals surface area contributed by atoms with Crippen molar-refractivity contribution in [3.8, 4) is 5.88 Å². The Hall–Kier alpha value is -1.16. The fraction of sp³-hybridized carbons (Fsp3) is 0. The molecule has 8 heavy (non-hydrogen) atoms.